The van der Waals surface area contributed by atoms with Crippen LogP contribution in [0.15, 0.2) is 0 Å². The fourth-order valence-corrected chi connectivity index (χ4v) is 3.71. The van der Waals surface area contributed by atoms with E-state index in [9.17, 15) is 0 Å². The first-order chi connectivity index (χ1) is 6.83. The van der Waals surface area contributed by atoms with Gasteiger partial charge in [0.1, 0.15) is 0 Å². The molecule has 1 N–H and O–H groups in total. The van der Waals surface area contributed by atoms with Crippen LogP contribution in [0.1, 0.15) is 32.6 Å². The van der Waals surface area contributed by atoms with Gasteiger partial charge in [0.25, 0.3) is 0 Å². The van der Waals surface area contributed by atoms with E-state index in [1.807, 2.05) is 0 Å². The molecule has 14 heavy (non-hydrogen) atoms. The Hall–Kier alpha value is -0.0800. The largest absolute Gasteiger partial charge is 0.314 e. The average molecular weight is 194 g/mol. The molecule has 2 nitrogen and oxygen atoms in total. The van der Waals surface area contributed by atoms with Gasteiger partial charge in [0.05, 0.1) is 0 Å². The van der Waals surface area contributed by atoms with Gasteiger partial charge in [0, 0.05) is 25.2 Å². The Morgan fingerprint density at radius 1 is 1.29 bits per heavy atom. The molecule has 0 aromatic rings. The zero-order valence-electron chi connectivity index (χ0n) is 9.21. The zero-order chi connectivity index (χ0) is 9.54. The van der Waals surface area contributed by atoms with Gasteiger partial charge >= 0.3 is 0 Å². The average Bonchev–Trinajstić information content (AvgIpc) is 2.83. The summed E-state index contributed by atoms with van der Waals surface area (Å²) in [6.45, 7) is 6.38. The van der Waals surface area contributed by atoms with Crippen LogP contribution in [-0.4, -0.2) is 36.6 Å². The first-order valence-electron chi connectivity index (χ1n) is 6.30. The number of nitrogens with zero attached hydrogens (tertiary/aromatic N) is 1. The molecule has 0 radical (unpaired) electrons. The van der Waals surface area contributed by atoms with Crippen molar-refractivity contribution in [2.45, 2.75) is 44.7 Å². The monoisotopic (exact) mass is 194 g/mol. The van der Waals surface area contributed by atoms with Crippen molar-refractivity contribution in [2.24, 2.45) is 11.8 Å². The summed E-state index contributed by atoms with van der Waals surface area (Å²) >= 11 is 0. The van der Waals surface area contributed by atoms with Crippen molar-refractivity contribution in [1.29, 1.82) is 0 Å². The lowest BCUT2D eigenvalue weighted by Crippen LogP contribution is -2.39. The summed E-state index contributed by atoms with van der Waals surface area (Å²) in [5, 5.41) is 3.56. The van der Waals surface area contributed by atoms with Gasteiger partial charge in [-0.2, -0.15) is 0 Å². The van der Waals surface area contributed by atoms with Gasteiger partial charge in [-0.3, -0.25) is 4.90 Å². The van der Waals surface area contributed by atoms with Crippen molar-refractivity contribution in [1.82, 2.24) is 10.2 Å². The molecule has 4 atom stereocenters. The SMILES string of the molecule is CC1NCCC1CN1CC2CCC1C2. The number of hydrogen-bond donors (Lipinski definition) is 1. The number of piperidine rings is 1. The molecular weight excluding hydrogens is 172 g/mol. The highest BCUT2D eigenvalue weighted by atomic mass is 15.2. The molecule has 1 aliphatic carbocycles. The van der Waals surface area contributed by atoms with Gasteiger partial charge < -0.3 is 5.32 Å². The van der Waals surface area contributed by atoms with Gasteiger partial charge in [-0.05, 0) is 51.0 Å². The van der Waals surface area contributed by atoms with Gasteiger partial charge in [-0.25, -0.2) is 0 Å². The third-order valence-electron chi connectivity index (χ3n) is 4.68. The predicted molar refractivity (Wildman–Crippen MR) is 58.3 cm³/mol. The number of nitrogens with one attached hydrogen (secondary N) is 1. The third-order valence-corrected chi connectivity index (χ3v) is 4.68. The van der Waals surface area contributed by atoms with Crippen molar-refractivity contribution < 1.29 is 0 Å². The lowest BCUT2D eigenvalue weighted by Gasteiger charge is -2.30. The molecule has 80 valence electrons. The molecule has 0 aromatic heterocycles. The van der Waals surface area contributed by atoms with Crippen LogP contribution in [0.2, 0.25) is 0 Å². The summed E-state index contributed by atoms with van der Waals surface area (Å²) in [4.78, 5) is 2.78. The maximum atomic E-state index is 3.56. The van der Waals surface area contributed by atoms with Crippen LogP contribution in [0.4, 0.5) is 0 Å². The van der Waals surface area contributed by atoms with Crippen molar-refractivity contribution in [3.8, 4) is 0 Å². The second kappa shape index (κ2) is 3.49. The molecule has 1 saturated carbocycles. The summed E-state index contributed by atoms with van der Waals surface area (Å²) in [5.74, 6) is 1.99. The number of hydrogen-bond acceptors (Lipinski definition) is 2. The Bertz CT molecular complexity index is 216. The van der Waals surface area contributed by atoms with E-state index in [2.05, 4.69) is 17.1 Å². The summed E-state index contributed by atoms with van der Waals surface area (Å²) < 4.78 is 0. The van der Waals surface area contributed by atoms with Crippen LogP contribution in [0, 0.1) is 11.8 Å². The Labute approximate surface area is 87.0 Å². The molecule has 3 fully saturated rings. The van der Waals surface area contributed by atoms with Crippen molar-refractivity contribution in [3.63, 3.8) is 0 Å². The van der Waals surface area contributed by atoms with Gasteiger partial charge in [-0.15, -0.1) is 0 Å². The highest BCUT2D eigenvalue weighted by molar-refractivity contribution is 4.94. The molecular formula is C12H22N2. The van der Waals surface area contributed by atoms with Crippen LogP contribution < -0.4 is 5.32 Å². The molecule has 2 heterocycles. The van der Waals surface area contributed by atoms with Crippen molar-refractivity contribution in [3.05, 3.63) is 0 Å². The van der Waals surface area contributed by atoms with Crippen LogP contribution in [0.3, 0.4) is 0 Å². The highest BCUT2D eigenvalue weighted by Gasteiger charge is 2.39. The van der Waals surface area contributed by atoms with Crippen molar-refractivity contribution in [2.75, 3.05) is 19.6 Å². The third kappa shape index (κ3) is 1.49. The summed E-state index contributed by atoms with van der Waals surface area (Å²) in [5.41, 5.74) is 0. The quantitative estimate of drug-likeness (QED) is 0.716. The van der Waals surface area contributed by atoms with Crippen LogP contribution in [0.25, 0.3) is 0 Å². The fourth-order valence-electron chi connectivity index (χ4n) is 3.71. The number of likely N-dealkylation sites (tertiary alicyclic amines) is 1. The molecule has 0 spiro atoms. The molecule has 2 bridgehead atoms. The minimum absolute atomic E-state index is 0.758. The number of fused-ring (bicyclic) bond motifs is 2. The maximum Gasteiger partial charge on any atom is 0.00987 e. The first kappa shape index (κ1) is 9.17. The molecule has 3 rings (SSSR count). The van der Waals surface area contributed by atoms with Gasteiger partial charge in [0.15, 0.2) is 0 Å². The van der Waals surface area contributed by atoms with E-state index >= 15 is 0 Å². The molecule has 3 aliphatic rings. The normalized spacial score (nSPS) is 47.8. The minimum Gasteiger partial charge on any atom is -0.314 e. The summed E-state index contributed by atoms with van der Waals surface area (Å²) in [6.07, 6.45) is 5.91. The Morgan fingerprint density at radius 3 is 2.79 bits per heavy atom. The smallest absolute Gasteiger partial charge is 0.00987 e. The molecule has 0 amide bonds. The van der Waals surface area contributed by atoms with E-state index in [0.717, 1.165) is 23.9 Å². The summed E-state index contributed by atoms with van der Waals surface area (Å²) in [7, 11) is 0. The lowest BCUT2D eigenvalue weighted by molar-refractivity contribution is 0.177. The van der Waals surface area contributed by atoms with E-state index in [-0.39, 0.29) is 0 Å². The van der Waals surface area contributed by atoms with E-state index < -0.39 is 0 Å². The molecule has 2 saturated heterocycles. The van der Waals surface area contributed by atoms with Crippen LogP contribution >= 0.6 is 0 Å². The van der Waals surface area contributed by atoms with E-state index in [1.165, 1.54) is 45.3 Å². The van der Waals surface area contributed by atoms with E-state index in [4.69, 9.17) is 0 Å². The summed E-state index contributed by atoms with van der Waals surface area (Å²) in [6, 6.07) is 1.72. The Morgan fingerprint density at radius 2 is 2.21 bits per heavy atom. The number of rotatable bonds is 2. The predicted octanol–water partition coefficient (Wildman–Crippen LogP) is 1.47. The standard InChI is InChI=1S/C12H22N2/c1-9-11(4-5-13-9)8-14-7-10-2-3-12(14)6-10/h9-13H,2-8H2,1H3. The maximum absolute atomic E-state index is 3.56. The van der Waals surface area contributed by atoms with Gasteiger partial charge in [-0.1, -0.05) is 0 Å². The minimum atomic E-state index is 0.758. The van der Waals surface area contributed by atoms with Gasteiger partial charge in [0.2, 0.25) is 0 Å². The molecule has 0 aromatic carbocycles. The van der Waals surface area contributed by atoms with E-state index in [1.54, 1.807) is 0 Å². The fraction of sp³-hybridized carbons (Fsp3) is 1.00. The molecule has 4 unspecified atom stereocenters. The Kier molecular flexibility index (Phi) is 2.29. The van der Waals surface area contributed by atoms with Crippen molar-refractivity contribution >= 4 is 0 Å². The Balaban J connectivity index is 1.57. The topological polar surface area (TPSA) is 15.3 Å². The lowest BCUT2D eigenvalue weighted by atomic mass is 10.00. The second-order valence-corrected chi connectivity index (χ2v) is 5.58. The van der Waals surface area contributed by atoms with E-state index in [0.29, 0.717) is 0 Å². The van der Waals surface area contributed by atoms with Crippen LogP contribution in [-0.2, 0) is 0 Å². The molecule has 2 aliphatic heterocycles. The van der Waals surface area contributed by atoms with Crippen LogP contribution in [0.5, 0.6) is 0 Å². The molecule has 2 heteroatoms. The zero-order valence-corrected chi connectivity index (χ0v) is 9.21. The highest BCUT2D eigenvalue weighted by Crippen LogP contribution is 2.38. The first-order valence-corrected chi connectivity index (χ1v) is 6.30. The second-order valence-electron chi connectivity index (χ2n) is 5.58.